The van der Waals surface area contributed by atoms with Crippen molar-refractivity contribution in [2.75, 3.05) is 0 Å². The van der Waals surface area contributed by atoms with E-state index in [-0.39, 0.29) is 10.8 Å². The van der Waals surface area contributed by atoms with E-state index in [1.165, 1.54) is 63.7 Å². The Bertz CT molecular complexity index is 1260. The van der Waals surface area contributed by atoms with Gasteiger partial charge in [-0.3, -0.25) is 0 Å². The van der Waals surface area contributed by atoms with Crippen LogP contribution in [0.3, 0.4) is 0 Å². The summed E-state index contributed by atoms with van der Waals surface area (Å²) in [4.78, 5) is 0. The fourth-order valence-corrected chi connectivity index (χ4v) is 6.95. The Morgan fingerprint density at radius 3 is 1.37 bits per heavy atom. The van der Waals surface area contributed by atoms with Crippen molar-refractivity contribution in [2.24, 2.45) is 10.8 Å². The van der Waals surface area contributed by atoms with Crippen molar-refractivity contribution in [3.05, 3.63) is 180 Å². The maximum atomic E-state index is 4.93. The molecule has 2 fully saturated rings. The molecule has 218 valence electrons. The van der Waals surface area contributed by atoms with Crippen molar-refractivity contribution in [2.45, 2.75) is 53.9 Å². The third-order valence-corrected chi connectivity index (χ3v) is 8.67. The van der Waals surface area contributed by atoms with Gasteiger partial charge < -0.3 is 0 Å². The molecule has 0 unspecified atom stereocenters. The van der Waals surface area contributed by atoms with Crippen molar-refractivity contribution < 1.29 is 20.8 Å². The van der Waals surface area contributed by atoms with Gasteiger partial charge in [-0.05, 0) is 53.1 Å². The summed E-state index contributed by atoms with van der Waals surface area (Å²) in [7, 11) is 9.87. The van der Waals surface area contributed by atoms with Crippen LogP contribution < -0.4 is 0 Å². The molecule has 2 aromatic carbocycles. The summed E-state index contributed by atoms with van der Waals surface area (Å²) in [5, 5.41) is 0. The predicted octanol–water partition coefficient (Wildman–Crippen LogP) is 11.1. The summed E-state index contributed by atoms with van der Waals surface area (Å²) in [5.41, 5.74) is 4.84. The van der Waals surface area contributed by atoms with Crippen LogP contribution in [0.4, 0.5) is 0 Å². The zero-order chi connectivity index (χ0) is 31.0. The molecule has 0 amide bonds. The zero-order valence-electron chi connectivity index (χ0n) is 26.2. The van der Waals surface area contributed by atoms with Gasteiger partial charge >= 0.3 is 37.9 Å². The van der Waals surface area contributed by atoms with E-state index in [1.54, 1.807) is 0 Å². The number of hydrogen-bond donors (Lipinski definition) is 0. The van der Waals surface area contributed by atoms with E-state index in [0.29, 0.717) is 0 Å². The Labute approximate surface area is 280 Å². The van der Waals surface area contributed by atoms with E-state index in [9.17, 15) is 0 Å². The first-order valence-electron chi connectivity index (χ1n) is 14.9. The molecular weight excluding hydrogens is 643 g/mol. The van der Waals surface area contributed by atoms with Crippen LogP contribution in [0.2, 0.25) is 0 Å². The molecule has 4 aliphatic carbocycles. The molecule has 0 saturated heterocycles. The first-order valence-corrected chi connectivity index (χ1v) is 21.3. The molecule has 2 aromatic rings. The molecule has 0 heterocycles. The summed E-state index contributed by atoms with van der Waals surface area (Å²) < 4.78 is 0. The van der Waals surface area contributed by atoms with Crippen LogP contribution in [0, 0.1) is 71.5 Å². The molecule has 0 nitrogen and oxygen atoms in total. The van der Waals surface area contributed by atoms with Gasteiger partial charge in [-0.1, -0.05) is 157 Å². The molecule has 0 atom stereocenters. The Morgan fingerprint density at radius 2 is 1.02 bits per heavy atom. The van der Waals surface area contributed by atoms with Crippen LogP contribution in [0.15, 0.2) is 108 Å². The summed E-state index contributed by atoms with van der Waals surface area (Å²) >= 11 is -0.826. The topological polar surface area (TPSA) is 0 Å². The quantitative estimate of drug-likeness (QED) is 0.301. The minimum atomic E-state index is -0.826. The number of allylic oxidation sites excluding steroid dienone is 8. The molecule has 0 bridgehead atoms. The monoisotopic (exact) mass is 680 g/mol. The number of halogens is 2. The van der Waals surface area contributed by atoms with E-state index in [4.69, 9.17) is 17.0 Å². The van der Waals surface area contributed by atoms with Gasteiger partial charge in [0.05, 0.1) is 0 Å². The van der Waals surface area contributed by atoms with Crippen molar-refractivity contribution in [3.63, 3.8) is 0 Å². The Balaban J connectivity index is 0.00000118. The molecule has 6 rings (SSSR count). The molecule has 4 aliphatic rings. The van der Waals surface area contributed by atoms with Gasteiger partial charge in [0.1, 0.15) is 0 Å². The van der Waals surface area contributed by atoms with Crippen LogP contribution in [0.5, 0.6) is 0 Å². The normalized spacial score (nSPS) is 21.2. The molecule has 43 heavy (non-hydrogen) atoms. The van der Waals surface area contributed by atoms with Crippen LogP contribution in [-0.2, 0) is 26.3 Å². The van der Waals surface area contributed by atoms with Crippen molar-refractivity contribution in [1.82, 2.24) is 0 Å². The van der Waals surface area contributed by atoms with Gasteiger partial charge in [-0.15, -0.1) is 0 Å². The minimum absolute atomic E-state index is 0.0262. The van der Waals surface area contributed by atoms with E-state index in [2.05, 4.69) is 165 Å². The maximum absolute atomic E-state index is 4.93. The van der Waals surface area contributed by atoms with E-state index < -0.39 is 26.3 Å². The summed E-state index contributed by atoms with van der Waals surface area (Å²) in [6.45, 7) is 16.3. The van der Waals surface area contributed by atoms with Gasteiger partial charge in [0.25, 0.3) is 0 Å². The average molecular weight is 683 g/mol. The molecule has 0 N–H and O–H groups in total. The third kappa shape index (κ3) is 6.19. The van der Waals surface area contributed by atoms with Gasteiger partial charge in [0, 0.05) is 35.0 Å². The van der Waals surface area contributed by atoms with E-state index >= 15 is 0 Å². The Morgan fingerprint density at radius 1 is 0.605 bits per heavy atom. The summed E-state index contributed by atoms with van der Waals surface area (Å²) in [6, 6.07) is 22.4. The van der Waals surface area contributed by atoms with Crippen LogP contribution >= 0.6 is 17.0 Å². The SMILES string of the molecule is C[C]1[CH][CH][C](C([C]2[C]3[C](C=CC=C3C(C)(C)C)[C]3C=CC=C(C(C)(C)C)[C]32)(c2ccccc2)c2ccccc2)[CH]1.[Cl][Zr][Cl]. The third-order valence-electron chi connectivity index (χ3n) is 8.67. The van der Waals surface area contributed by atoms with Gasteiger partial charge in [0.2, 0.25) is 0 Å². The molecule has 0 spiro atoms. The van der Waals surface area contributed by atoms with E-state index in [0.717, 1.165) is 0 Å². The second-order valence-corrected chi connectivity index (χ2v) is 17.3. The fourth-order valence-electron chi connectivity index (χ4n) is 6.95. The van der Waals surface area contributed by atoms with Crippen LogP contribution in [-0.4, -0.2) is 0 Å². The van der Waals surface area contributed by atoms with Crippen LogP contribution in [0.1, 0.15) is 59.6 Å². The van der Waals surface area contributed by atoms with Gasteiger partial charge in [0.15, 0.2) is 0 Å². The zero-order valence-corrected chi connectivity index (χ0v) is 30.2. The standard InChI is InChI=1S/C40H40.2ClH.Zr/c1-27-24-25-30(26-27)40(28-16-10-8-11-17-28,29-18-12-9-13-19-29)37-35-31(20-14-22-33(35)38(2,3)4)32-21-15-23-34(36(32)37)39(5,6)7;;;/h8-26H,1-7H3;2*1H;/q;;;+2/p-2. The molecule has 2 saturated carbocycles. The molecular formula is C40H40Cl2Zr. The van der Waals surface area contributed by atoms with Crippen molar-refractivity contribution in [1.29, 1.82) is 0 Å². The summed E-state index contributed by atoms with van der Waals surface area (Å²) in [6.07, 6.45) is 21.0. The van der Waals surface area contributed by atoms with Crippen molar-refractivity contribution >= 4 is 17.0 Å². The first-order chi connectivity index (χ1) is 20.5. The second kappa shape index (κ2) is 13.3. The first kappa shape index (κ1) is 33.2. The van der Waals surface area contributed by atoms with Crippen LogP contribution in [0.25, 0.3) is 0 Å². The second-order valence-electron chi connectivity index (χ2n) is 13.6. The number of benzene rings is 2. The molecule has 3 heteroatoms. The number of fused-ring (bicyclic) bond motifs is 3. The number of rotatable bonds is 4. The number of hydrogen-bond acceptors (Lipinski definition) is 0. The molecule has 10 radical (unpaired) electrons. The fraction of sp³-hybridized carbons (Fsp3) is 0.250. The van der Waals surface area contributed by atoms with E-state index in [1.807, 2.05) is 0 Å². The molecule has 0 aromatic heterocycles. The summed E-state index contributed by atoms with van der Waals surface area (Å²) in [5.74, 6) is 9.52. The Hall–Kier alpha value is -1.14. The average Bonchev–Trinajstić information content (AvgIpc) is 3.56. The predicted molar refractivity (Wildman–Crippen MR) is 180 cm³/mol. The van der Waals surface area contributed by atoms with Gasteiger partial charge in [-0.25, -0.2) is 0 Å². The van der Waals surface area contributed by atoms with Gasteiger partial charge in [-0.2, -0.15) is 0 Å². The molecule has 0 aliphatic heterocycles. The Kier molecular flexibility index (Phi) is 10.3. The van der Waals surface area contributed by atoms with Crippen molar-refractivity contribution in [3.8, 4) is 0 Å².